The van der Waals surface area contributed by atoms with E-state index in [2.05, 4.69) is 20.8 Å². The minimum Gasteiger partial charge on any atom is -0.396 e. The first-order valence-corrected chi connectivity index (χ1v) is 6.48. The van der Waals surface area contributed by atoms with Crippen LogP contribution in [0, 0.1) is 5.41 Å². The number of rotatable bonds is 5. The maximum absolute atomic E-state index is 9.41. The number of hydrogen-bond acceptors (Lipinski definition) is 6. The minimum absolute atomic E-state index is 0.132. The largest absolute Gasteiger partial charge is 0.396 e. The number of aromatic nitrogens is 4. The molecule has 7 nitrogen and oxygen atoms in total. The Hall–Kier alpha value is -1.99. The molecule has 0 spiro atoms. The van der Waals surface area contributed by atoms with E-state index in [9.17, 15) is 5.11 Å². The summed E-state index contributed by atoms with van der Waals surface area (Å²) in [6.07, 6.45) is 0. The lowest BCUT2D eigenvalue weighted by Gasteiger charge is -2.40. The fourth-order valence-corrected chi connectivity index (χ4v) is 2.17. The first-order valence-electron chi connectivity index (χ1n) is 6.48. The van der Waals surface area contributed by atoms with E-state index in [1.165, 1.54) is 0 Å². The van der Waals surface area contributed by atoms with E-state index in [0.29, 0.717) is 19.8 Å². The third-order valence-electron chi connectivity index (χ3n) is 3.56. The molecule has 1 aromatic heterocycles. The van der Waals surface area contributed by atoms with Gasteiger partial charge in [-0.15, -0.1) is 5.10 Å². The second-order valence-electron chi connectivity index (χ2n) is 5.21. The number of tetrazole rings is 1. The van der Waals surface area contributed by atoms with Crippen molar-refractivity contribution in [1.29, 1.82) is 0 Å². The number of benzene rings is 1. The van der Waals surface area contributed by atoms with Crippen molar-refractivity contribution in [2.45, 2.75) is 0 Å². The van der Waals surface area contributed by atoms with Crippen LogP contribution in [0.5, 0.6) is 0 Å². The molecule has 1 aromatic carbocycles. The normalized spacial score (nSPS) is 16.7. The Kier molecular flexibility index (Phi) is 3.37. The summed E-state index contributed by atoms with van der Waals surface area (Å²) in [5.41, 5.74) is 1.78. The van der Waals surface area contributed by atoms with Crippen LogP contribution in [0.2, 0.25) is 0 Å². The number of aryl methyl sites for hydroxylation is 1. The van der Waals surface area contributed by atoms with Gasteiger partial charge in [0, 0.05) is 24.8 Å². The van der Waals surface area contributed by atoms with Crippen LogP contribution in [0.15, 0.2) is 24.3 Å². The molecule has 0 unspecified atom stereocenters. The summed E-state index contributed by atoms with van der Waals surface area (Å²) in [5.74, 6) is 0.720. The number of ether oxygens (including phenoxy) is 1. The van der Waals surface area contributed by atoms with E-state index < -0.39 is 0 Å². The van der Waals surface area contributed by atoms with Crippen LogP contribution in [0.25, 0.3) is 11.4 Å². The quantitative estimate of drug-likeness (QED) is 0.816. The van der Waals surface area contributed by atoms with Crippen LogP contribution in [0.4, 0.5) is 5.69 Å². The van der Waals surface area contributed by atoms with Crippen LogP contribution in [0.3, 0.4) is 0 Å². The summed E-state index contributed by atoms with van der Waals surface area (Å²) in [6, 6.07) is 7.90. The van der Waals surface area contributed by atoms with Crippen LogP contribution in [-0.4, -0.2) is 51.7 Å². The summed E-state index contributed by atoms with van der Waals surface area (Å²) >= 11 is 0. The summed E-state index contributed by atoms with van der Waals surface area (Å²) in [6.45, 7) is 2.02. The molecule has 2 N–H and O–H groups in total. The number of nitrogens with zero attached hydrogens (tertiary/aromatic N) is 4. The topological polar surface area (TPSA) is 85.1 Å². The Bertz CT molecular complexity index is 588. The van der Waals surface area contributed by atoms with Crippen LogP contribution in [0.1, 0.15) is 0 Å². The highest BCUT2D eigenvalue weighted by atomic mass is 16.5. The second kappa shape index (κ2) is 5.18. The van der Waals surface area contributed by atoms with E-state index in [0.717, 1.165) is 17.1 Å². The molecular weight excluding hydrogens is 258 g/mol. The summed E-state index contributed by atoms with van der Waals surface area (Å²) < 4.78 is 6.82. The van der Waals surface area contributed by atoms with Crippen molar-refractivity contribution in [3.05, 3.63) is 24.3 Å². The van der Waals surface area contributed by atoms with E-state index in [4.69, 9.17) is 4.74 Å². The van der Waals surface area contributed by atoms with Gasteiger partial charge in [-0.25, -0.2) is 4.68 Å². The van der Waals surface area contributed by atoms with Gasteiger partial charge in [0.25, 0.3) is 0 Å². The Balaban J connectivity index is 1.73. The van der Waals surface area contributed by atoms with Crippen molar-refractivity contribution in [3.63, 3.8) is 0 Å². The molecule has 7 heteroatoms. The molecule has 3 rings (SSSR count). The minimum atomic E-state index is -0.150. The molecule has 0 bridgehead atoms. The van der Waals surface area contributed by atoms with Crippen molar-refractivity contribution in [2.75, 3.05) is 31.7 Å². The molecule has 106 valence electrons. The Morgan fingerprint density at radius 2 is 2.30 bits per heavy atom. The third kappa shape index (κ3) is 2.37. The maximum atomic E-state index is 9.41. The highest BCUT2D eigenvalue weighted by Crippen LogP contribution is 2.28. The molecular formula is C13H17N5O2. The van der Waals surface area contributed by atoms with Gasteiger partial charge in [0.15, 0.2) is 5.82 Å². The lowest BCUT2D eigenvalue weighted by molar-refractivity contribution is -0.128. The molecule has 1 fully saturated rings. The fourth-order valence-electron chi connectivity index (χ4n) is 2.17. The standard InChI is InChI=1S/C13H17N5O2/c1-18-12(15-16-17-18)10-3-2-4-11(5-10)14-6-13(7-19)8-20-9-13/h2-5,14,19H,6-9H2,1H3. The predicted molar refractivity (Wildman–Crippen MR) is 73.1 cm³/mol. The SMILES string of the molecule is Cn1nnnc1-c1cccc(NCC2(CO)COC2)c1. The van der Waals surface area contributed by atoms with E-state index in [1.54, 1.807) is 4.68 Å². The first kappa shape index (κ1) is 13.0. The number of nitrogens with one attached hydrogen (secondary N) is 1. The zero-order valence-electron chi connectivity index (χ0n) is 11.3. The van der Waals surface area contributed by atoms with Crippen molar-refractivity contribution in [2.24, 2.45) is 12.5 Å². The monoisotopic (exact) mass is 275 g/mol. The zero-order chi connectivity index (χ0) is 14.0. The van der Waals surface area contributed by atoms with Gasteiger partial charge < -0.3 is 15.2 Å². The van der Waals surface area contributed by atoms with Gasteiger partial charge in [-0.1, -0.05) is 12.1 Å². The fraction of sp³-hybridized carbons (Fsp3) is 0.462. The first-order chi connectivity index (χ1) is 9.72. The van der Waals surface area contributed by atoms with E-state index in [1.807, 2.05) is 31.3 Å². The van der Waals surface area contributed by atoms with Gasteiger partial charge >= 0.3 is 0 Å². The molecule has 0 aliphatic carbocycles. The highest BCUT2D eigenvalue weighted by molar-refractivity contribution is 5.62. The predicted octanol–water partition coefficient (Wildman–Crippen LogP) is 0.298. The molecule has 2 aromatic rings. The average molecular weight is 275 g/mol. The third-order valence-corrected chi connectivity index (χ3v) is 3.56. The van der Waals surface area contributed by atoms with Crippen molar-refractivity contribution in [1.82, 2.24) is 20.2 Å². The zero-order valence-corrected chi connectivity index (χ0v) is 11.3. The van der Waals surface area contributed by atoms with Gasteiger partial charge in [-0.3, -0.25) is 0 Å². The molecule has 1 saturated heterocycles. The molecule has 2 heterocycles. The van der Waals surface area contributed by atoms with Crippen molar-refractivity contribution >= 4 is 5.69 Å². The van der Waals surface area contributed by atoms with Gasteiger partial charge in [-0.05, 0) is 22.6 Å². The molecule has 0 radical (unpaired) electrons. The lowest BCUT2D eigenvalue weighted by Crippen LogP contribution is -2.50. The van der Waals surface area contributed by atoms with Crippen molar-refractivity contribution in [3.8, 4) is 11.4 Å². The summed E-state index contributed by atoms with van der Waals surface area (Å²) in [4.78, 5) is 0. The Morgan fingerprint density at radius 1 is 1.45 bits per heavy atom. The van der Waals surface area contributed by atoms with Gasteiger partial charge in [0.1, 0.15) is 0 Å². The van der Waals surface area contributed by atoms with Gasteiger partial charge in [-0.2, -0.15) is 0 Å². The number of aliphatic hydroxyl groups excluding tert-OH is 1. The lowest BCUT2D eigenvalue weighted by atomic mass is 9.87. The molecule has 0 amide bonds. The van der Waals surface area contributed by atoms with E-state index >= 15 is 0 Å². The maximum Gasteiger partial charge on any atom is 0.181 e. The molecule has 1 aliphatic heterocycles. The smallest absolute Gasteiger partial charge is 0.181 e. The summed E-state index contributed by atoms with van der Waals surface area (Å²) in [5, 5.41) is 24.2. The van der Waals surface area contributed by atoms with Gasteiger partial charge in [0.2, 0.25) is 0 Å². The molecule has 1 aliphatic rings. The number of anilines is 1. The van der Waals surface area contributed by atoms with Crippen LogP contribution in [-0.2, 0) is 11.8 Å². The molecule has 20 heavy (non-hydrogen) atoms. The molecule has 0 atom stereocenters. The second-order valence-corrected chi connectivity index (χ2v) is 5.21. The van der Waals surface area contributed by atoms with Gasteiger partial charge in [0.05, 0.1) is 25.2 Å². The molecule has 0 saturated carbocycles. The Labute approximate surface area is 116 Å². The van der Waals surface area contributed by atoms with Crippen LogP contribution >= 0.6 is 0 Å². The number of hydrogen-bond donors (Lipinski definition) is 2. The average Bonchev–Trinajstić information content (AvgIpc) is 2.85. The van der Waals surface area contributed by atoms with Crippen molar-refractivity contribution < 1.29 is 9.84 Å². The highest BCUT2D eigenvalue weighted by Gasteiger charge is 2.37. The Morgan fingerprint density at radius 3 is 2.90 bits per heavy atom. The summed E-state index contributed by atoms with van der Waals surface area (Å²) in [7, 11) is 1.81. The van der Waals surface area contributed by atoms with E-state index in [-0.39, 0.29) is 12.0 Å². The number of aliphatic hydroxyl groups is 1. The van der Waals surface area contributed by atoms with Crippen LogP contribution < -0.4 is 5.32 Å².